The van der Waals surface area contributed by atoms with Gasteiger partial charge in [-0.2, -0.15) is 0 Å². The van der Waals surface area contributed by atoms with Crippen LogP contribution in [0.15, 0.2) is 0 Å². The lowest BCUT2D eigenvalue weighted by Gasteiger charge is -2.21. The number of hydrogen-bond donors (Lipinski definition) is 0. The molecule has 3 heteroatoms. The maximum Gasteiger partial charge on any atom is 0.311 e. The van der Waals surface area contributed by atoms with E-state index in [-0.39, 0.29) is 29.5 Å². The summed E-state index contributed by atoms with van der Waals surface area (Å²) >= 11 is 0. The first-order chi connectivity index (χ1) is 5.52. The average Bonchev–Trinajstić information content (AvgIpc) is 2.40. The Morgan fingerprint density at radius 3 is 2.75 bits per heavy atom. The highest BCUT2D eigenvalue weighted by atomic mass is 16.6. The van der Waals surface area contributed by atoms with Gasteiger partial charge in [0.15, 0.2) is 0 Å². The minimum Gasteiger partial charge on any atom is -0.459 e. The fraction of sp³-hybridized carbons (Fsp3) is 0.889. The van der Waals surface area contributed by atoms with Gasteiger partial charge in [-0.05, 0) is 6.92 Å². The van der Waals surface area contributed by atoms with Gasteiger partial charge in [0.2, 0.25) is 0 Å². The Balaban J connectivity index is 2.24. The number of rotatable bonds is 0. The first-order valence-electron chi connectivity index (χ1n) is 4.34. The molecule has 68 valence electrons. The molecule has 0 N–H and O–H groups in total. The maximum atomic E-state index is 11.2. The van der Waals surface area contributed by atoms with Crippen LogP contribution < -0.4 is 0 Å². The Morgan fingerprint density at radius 1 is 1.50 bits per heavy atom. The Bertz CT molecular complexity index is 222. The van der Waals surface area contributed by atoms with Crippen LogP contribution in [-0.4, -0.2) is 24.8 Å². The molecule has 3 nitrogen and oxygen atoms in total. The van der Waals surface area contributed by atoms with Crippen LogP contribution in [0.5, 0.6) is 0 Å². The third-order valence-corrected chi connectivity index (χ3v) is 2.82. The van der Waals surface area contributed by atoms with Gasteiger partial charge in [0.05, 0.1) is 12.5 Å². The Morgan fingerprint density at radius 2 is 2.17 bits per heavy atom. The summed E-state index contributed by atoms with van der Waals surface area (Å²) in [7, 11) is 0. The monoisotopic (exact) mass is 170 g/mol. The molecule has 0 aromatic rings. The van der Waals surface area contributed by atoms with Crippen molar-refractivity contribution in [1.29, 1.82) is 0 Å². The first kappa shape index (κ1) is 8.05. The highest BCUT2D eigenvalue weighted by Crippen LogP contribution is 2.42. The highest BCUT2D eigenvalue weighted by molar-refractivity contribution is 5.75. The van der Waals surface area contributed by atoms with Crippen LogP contribution in [0.2, 0.25) is 0 Å². The lowest BCUT2D eigenvalue weighted by molar-refractivity contribution is -0.147. The highest BCUT2D eigenvalue weighted by Gasteiger charge is 2.54. The van der Waals surface area contributed by atoms with Gasteiger partial charge >= 0.3 is 5.97 Å². The van der Waals surface area contributed by atoms with Crippen molar-refractivity contribution >= 4 is 5.97 Å². The van der Waals surface area contributed by atoms with Gasteiger partial charge in [-0.1, -0.05) is 13.8 Å². The second-order valence-corrected chi connectivity index (χ2v) is 4.41. The van der Waals surface area contributed by atoms with Crippen molar-refractivity contribution in [2.45, 2.75) is 33.0 Å². The summed E-state index contributed by atoms with van der Waals surface area (Å²) in [5.41, 5.74) is -0.00884. The molecule has 0 spiro atoms. The summed E-state index contributed by atoms with van der Waals surface area (Å²) in [6.45, 7) is 6.71. The van der Waals surface area contributed by atoms with E-state index in [1.165, 1.54) is 0 Å². The van der Waals surface area contributed by atoms with E-state index < -0.39 is 0 Å². The molecular weight excluding hydrogens is 156 g/mol. The fourth-order valence-corrected chi connectivity index (χ4v) is 1.92. The topological polar surface area (TPSA) is 35.5 Å². The van der Waals surface area contributed by atoms with Gasteiger partial charge in [0.1, 0.15) is 12.2 Å². The van der Waals surface area contributed by atoms with E-state index in [1.54, 1.807) is 0 Å². The summed E-state index contributed by atoms with van der Waals surface area (Å²) in [6, 6.07) is 0. The van der Waals surface area contributed by atoms with E-state index in [0.717, 1.165) is 0 Å². The maximum absolute atomic E-state index is 11.2. The average molecular weight is 170 g/mol. The minimum atomic E-state index is -0.113. The van der Waals surface area contributed by atoms with Crippen molar-refractivity contribution in [3.05, 3.63) is 0 Å². The summed E-state index contributed by atoms with van der Waals surface area (Å²) in [5, 5.41) is 0. The smallest absolute Gasteiger partial charge is 0.311 e. The van der Waals surface area contributed by atoms with E-state index in [9.17, 15) is 4.79 Å². The molecule has 2 heterocycles. The van der Waals surface area contributed by atoms with E-state index in [1.807, 2.05) is 6.92 Å². The van der Waals surface area contributed by atoms with E-state index in [0.29, 0.717) is 6.61 Å². The van der Waals surface area contributed by atoms with Crippen LogP contribution in [0.4, 0.5) is 0 Å². The molecule has 0 saturated carbocycles. The van der Waals surface area contributed by atoms with Crippen LogP contribution in [-0.2, 0) is 14.3 Å². The first-order valence-corrected chi connectivity index (χ1v) is 4.34. The van der Waals surface area contributed by atoms with Crippen molar-refractivity contribution in [3.8, 4) is 0 Å². The van der Waals surface area contributed by atoms with Gasteiger partial charge < -0.3 is 9.47 Å². The number of fused-ring (bicyclic) bond motifs is 1. The zero-order valence-electron chi connectivity index (χ0n) is 7.66. The predicted octanol–water partition coefficient (Wildman–Crippen LogP) is 0.973. The van der Waals surface area contributed by atoms with Crippen molar-refractivity contribution in [2.75, 3.05) is 6.61 Å². The number of esters is 1. The largest absolute Gasteiger partial charge is 0.459 e. The van der Waals surface area contributed by atoms with Gasteiger partial charge in [0, 0.05) is 5.41 Å². The quantitative estimate of drug-likeness (QED) is 0.508. The molecule has 0 aromatic heterocycles. The lowest BCUT2D eigenvalue weighted by atomic mass is 9.86. The van der Waals surface area contributed by atoms with Crippen LogP contribution in [0.3, 0.4) is 0 Å². The van der Waals surface area contributed by atoms with E-state index >= 15 is 0 Å². The predicted molar refractivity (Wildman–Crippen MR) is 42.6 cm³/mol. The van der Waals surface area contributed by atoms with Crippen LogP contribution >= 0.6 is 0 Å². The van der Waals surface area contributed by atoms with Crippen molar-refractivity contribution in [2.24, 2.45) is 11.3 Å². The van der Waals surface area contributed by atoms with Gasteiger partial charge in [-0.25, -0.2) is 0 Å². The molecule has 0 radical (unpaired) electrons. The van der Waals surface area contributed by atoms with E-state index in [2.05, 4.69) is 13.8 Å². The van der Waals surface area contributed by atoms with Crippen LogP contribution in [0.25, 0.3) is 0 Å². The van der Waals surface area contributed by atoms with E-state index in [4.69, 9.17) is 9.47 Å². The molecule has 2 aliphatic heterocycles. The van der Waals surface area contributed by atoms with Crippen molar-refractivity contribution in [1.82, 2.24) is 0 Å². The Kier molecular flexibility index (Phi) is 1.49. The summed E-state index contributed by atoms with van der Waals surface area (Å²) < 4.78 is 10.8. The standard InChI is InChI=1S/C9H14O3/c1-5-6-7(12-8(5)10)9(2,3)4-11-6/h5-7H,4H2,1-3H3/t5?,6-,7+/m0/s1. The molecule has 2 rings (SSSR count). The second-order valence-electron chi connectivity index (χ2n) is 4.41. The van der Waals surface area contributed by atoms with Crippen LogP contribution in [0, 0.1) is 11.3 Å². The third-order valence-electron chi connectivity index (χ3n) is 2.82. The second kappa shape index (κ2) is 2.22. The molecule has 0 amide bonds. The molecule has 12 heavy (non-hydrogen) atoms. The molecule has 2 saturated heterocycles. The molecule has 3 atom stereocenters. The number of carbonyl (C=O) groups excluding carboxylic acids is 1. The van der Waals surface area contributed by atoms with Crippen molar-refractivity contribution in [3.63, 3.8) is 0 Å². The zero-order valence-corrected chi connectivity index (χ0v) is 7.66. The third kappa shape index (κ3) is 0.891. The summed E-state index contributed by atoms with van der Waals surface area (Å²) in [5.74, 6) is -0.199. The molecular formula is C9H14O3. The van der Waals surface area contributed by atoms with Gasteiger partial charge in [0.25, 0.3) is 0 Å². The molecule has 0 aliphatic carbocycles. The summed E-state index contributed by atoms with van der Waals surface area (Å²) in [4.78, 5) is 11.2. The summed E-state index contributed by atoms with van der Waals surface area (Å²) in [6.07, 6.45) is -0.0347. The minimum absolute atomic E-state index is 0.00694. The molecule has 0 aromatic carbocycles. The van der Waals surface area contributed by atoms with Crippen LogP contribution in [0.1, 0.15) is 20.8 Å². The van der Waals surface area contributed by atoms with Gasteiger partial charge in [-0.3, -0.25) is 4.79 Å². The van der Waals surface area contributed by atoms with Crippen molar-refractivity contribution < 1.29 is 14.3 Å². The molecule has 1 unspecified atom stereocenters. The fourth-order valence-electron chi connectivity index (χ4n) is 1.92. The number of hydrogen-bond acceptors (Lipinski definition) is 3. The number of carbonyl (C=O) groups is 1. The molecule has 0 bridgehead atoms. The normalized spacial score (nSPS) is 44.2. The SMILES string of the molecule is CC1C(=O)O[C@@H]2[C@H]1OCC2(C)C. The lowest BCUT2D eigenvalue weighted by Crippen LogP contribution is -2.31. The van der Waals surface area contributed by atoms with Gasteiger partial charge in [-0.15, -0.1) is 0 Å². The molecule has 2 fully saturated rings. The number of ether oxygens (including phenoxy) is 2. The Labute approximate surface area is 72.0 Å². The molecule has 2 aliphatic rings. The Hall–Kier alpha value is -0.570. The zero-order chi connectivity index (χ0) is 8.93.